The number of benzene rings is 3. The Balaban J connectivity index is 1.51. The highest BCUT2D eigenvalue weighted by atomic mass is 16.2. The molecule has 1 heterocycles. The third-order valence-electron chi connectivity index (χ3n) is 5.74. The molecule has 3 aromatic carbocycles. The van der Waals surface area contributed by atoms with Crippen LogP contribution in [0.15, 0.2) is 109 Å². The summed E-state index contributed by atoms with van der Waals surface area (Å²) < 4.78 is 0. The van der Waals surface area contributed by atoms with Crippen LogP contribution >= 0.6 is 0 Å². The Morgan fingerprint density at radius 2 is 1.64 bits per heavy atom. The summed E-state index contributed by atoms with van der Waals surface area (Å²) in [6, 6.07) is 29.3. The molecule has 4 rings (SSSR count). The van der Waals surface area contributed by atoms with Crippen LogP contribution in [0.3, 0.4) is 0 Å². The molecule has 0 fully saturated rings. The molecule has 0 bridgehead atoms. The van der Waals surface area contributed by atoms with Crippen molar-refractivity contribution in [3.05, 3.63) is 137 Å². The maximum absolute atomic E-state index is 13.3. The highest BCUT2D eigenvalue weighted by Gasteiger charge is 2.15. The first-order chi connectivity index (χ1) is 17.6. The van der Waals surface area contributed by atoms with E-state index in [1.54, 1.807) is 23.4 Å². The zero-order chi connectivity index (χ0) is 25.2. The largest absolute Gasteiger partial charge is 0.352 e. The summed E-state index contributed by atoms with van der Waals surface area (Å²) in [5.41, 5.74) is 5.68. The first kappa shape index (κ1) is 24.6. The predicted octanol–water partition coefficient (Wildman–Crippen LogP) is 5.50. The minimum atomic E-state index is -0.127. The number of pyridine rings is 1. The fourth-order valence-electron chi connectivity index (χ4n) is 3.78. The van der Waals surface area contributed by atoms with E-state index in [9.17, 15) is 9.59 Å². The molecule has 1 aromatic heterocycles. The SMILES string of the molecule is Cc1ccc(CN(C(=O)/C=C/c2ccccc2)c2cccc(CC(=O)NCc3cccnc3)c2)cc1. The lowest BCUT2D eigenvalue weighted by Gasteiger charge is -2.22. The second kappa shape index (κ2) is 12.3. The molecule has 0 spiro atoms. The number of hydrogen-bond acceptors (Lipinski definition) is 3. The van der Waals surface area contributed by atoms with Crippen LogP contribution in [-0.4, -0.2) is 16.8 Å². The molecule has 36 heavy (non-hydrogen) atoms. The second-order valence-electron chi connectivity index (χ2n) is 8.64. The number of rotatable bonds is 9. The number of amides is 2. The molecule has 0 saturated carbocycles. The Bertz CT molecular complexity index is 1320. The molecule has 0 saturated heterocycles. The van der Waals surface area contributed by atoms with Gasteiger partial charge in [0.15, 0.2) is 0 Å². The number of nitrogens with zero attached hydrogens (tertiary/aromatic N) is 2. The molecule has 4 aromatic rings. The molecule has 0 radical (unpaired) electrons. The number of hydrogen-bond donors (Lipinski definition) is 1. The molecule has 0 aliphatic rings. The van der Waals surface area contributed by atoms with Crippen molar-refractivity contribution >= 4 is 23.6 Å². The van der Waals surface area contributed by atoms with Gasteiger partial charge in [0.25, 0.3) is 5.91 Å². The van der Waals surface area contributed by atoms with Crippen molar-refractivity contribution in [3.8, 4) is 0 Å². The van der Waals surface area contributed by atoms with Crippen molar-refractivity contribution in [3.63, 3.8) is 0 Å². The van der Waals surface area contributed by atoms with Gasteiger partial charge in [-0.15, -0.1) is 0 Å². The van der Waals surface area contributed by atoms with E-state index in [2.05, 4.69) is 10.3 Å². The number of carbonyl (C=O) groups excluding carboxylic acids is 2. The predicted molar refractivity (Wildman–Crippen MR) is 144 cm³/mol. The van der Waals surface area contributed by atoms with Gasteiger partial charge in [-0.3, -0.25) is 14.6 Å². The topological polar surface area (TPSA) is 62.3 Å². The zero-order valence-corrected chi connectivity index (χ0v) is 20.3. The summed E-state index contributed by atoms with van der Waals surface area (Å²) in [4.78, 5) is 31.7. The molecule has 180 valence electrons. The van der Waals surface area contributed by atoms with Gasteiger partial charge in [0.05, 0.1) is 13.0 Å². The van der Waals surface area contributed by atoms with Gasteiger partial charge in [-0.1, -0.05) is 78.4 Å². The van der Waals surface area contributed by atoms with Gasteiger partial charge >= 0.3 is 0 Å². The summed E-state index contributed by atoms with van der Waals surface area (Å²) in [5.74, 6) is -0.214. The van der Waals surface area contributed by atoms with Crippen LogP contribution in [0.25, 0.3) is 6.08 Å². The maximum Gasteiger partial charge on any atom is 0.251 e. The first-order valence-electron chi connectivity index (χ1n) is 11.9. The lowest BCUT2D eigenvalue weighted by Crippen LogP contribution is -2.29. The fourth-order valence-corrected chi connectivity index (χ4v) is 3.78. The van der Waals surface area contributed by atoms with Gasteiger partial charge in [0.2, 0.25) is 5.91 Å². The molecule has 1 N–H and O–H groups in total. The lowest BCUT2D eigenvalue weighted by atomic mass is 10.1. The lowest BCUT2D eigenvalue weighted by molar-refractivity contribution is -0.120. The Hall–Kier alpha value is -4.51. The smallest absolute Gasteiger partial charge is 0.251 e. The average Bonchev–Trinajstić information content (AvgIpc) is 2.91. The molecule has 5 nitrogen and oxygen atoms in total. The average molecular weight is 476 g/mol. The van der Waals surface area contributed by atoms with E-state index in [1.807, 2.05) is 104 Å². The van der Waals surface area contributed by atoms with Crippen LogP contribution in [0.4, 0.5) is 5.69 Å². The van der Waals surface area contributed by atoms with E-state index >= 15 is 0 Å². The van der Waals surface area contributed by atoms with Crippen molar-refractivity contribution in [2.45, 2.75) is 26.4 Å². The Labute approximate surface area is 212 Å². The van der Waals surface area contributed by atoms with E-state index in [4.69, 9.17) is 0 Å². The van der Waals surface area contributed by atoms with Gasteiger partial charge in [0, 0.05) is 30.7 Å². The van der Waals surface area contributed by atoms with Gasteiger partial charge in [-0.2, -0.15) is 0 Å². The van der Waals surface area contributed by atoms with Crippen LogP contribution in [0.2, 0.25) is 0 Å². The summed E-state index contributed by atoms with van der Waals surface area (Å²) >= 11 is 0. The summed E-state index contributed by atoms with van der Waals surface area (Å²) in [6.07, 6.45) is 7.07. The van der Waals surface area contributed by atoms with E-state index in [-0.39, 0.29) is 18.2 Å². The van der Waals surface area contributed by atoms with Gasteiger partial charge < -0.3 is 10.2 Å². The fraction of sp³-hybridized carbons (Fsp3) is 0.129. The normalized spacial score (nSPS) is 10.8. The number of aromatic nitrogens is 1. The summed E-state index contributed by atoms with van der Waals surface area (Å²) in [5, 5.41) is 2.93. The summed E-state index contributed by atoms with van der Waals surface area (Å²) in [7, 11) is 0. The molecule has 5 heteroatoms. The molecule has 0 atom stereocenters. The van der Waals surface area contributed by atoms with E-state index in [0.29, 0.717) is 13.1 Å². The van der Waals surface area contributed by atoms with Crippen LogP contribution < -0.4 is 10.2 Å². The van der Waals surface area contributed by atoms with Crippen LogP contribution in [0, 0.1) is 6.92 Å². The first-order valence-corrected chi connectivity index (χ1v) is 11.9. The maximum atomic E-state index is 13.3. The molecule has 2 amide bonds. The highest BCUT2D eigenvalue weighted by Crippen LogP contribution is 2.21. The van der Waals surface area contributed by atoms with Crippen molar-refractivity contribution in [1.29, 1.82) is 0 Å². The number of carbonyl (C=O) groups is 2. The summed E-state index contributed by atoms with van der Waals surface area (Å²) in [6.45, 7) is 2.89. The van der Waals surface area contributed by atoms with Crippen molar-refractivity contribution in [2.75, 3.05) is 4.90 Å². The third-order valence-corrected chi connectivity index (χ3v) is 5.74. The quantitative estimate of drug-likeness (QED) is 0.325. The Morgan fingerprint density at radius 3 is 2.39 bits per heavy atom. The van der Waals surface area contributed by atoms with Crippen LogP contribution in [0.5, 0.6) is 0 Å². The second-order valence-corrected chi connectivity index (χ2v) is 8.64. The molecule has 0 aliphatic carbocycles. The minimum absolute atomic E-state index is 0.0867. The standard InChI is InChI=1S/C31H29N3O2/c1-24-12-14-26(15-13-24)23-34(31(36)17-16-25-7-3-2-4-8-25)29-11-5-9-27(19-29)20-30(35)33-22-28-10-6-18-32-21-28/h2-19,21H,20,22-23H2,1H3,(H,33,35)/b17-16+. The van der Waals surface area contributed by atoms with Gasteiger partial charge in [-0.25, -0.2) is 0 Å². The van der Waals surface area contributed by atoms with Crippen molar-refractivity contribution < 1.29 is 9.59 Å². The number of aryl methyl sites for hydroxylation is 1. The third kappa shape index (κ3) is 7.24. The molecular weight excluding hydrogens is 446 g/mol. The van der Waals surface area contributed by atoms with E-state index < -0.39 is 0 Å². The molecule has 0 unspecified atom stereocenters. The molecule has 0 aliphatic heterocycles. The monoisotopic (exact) mass is 475 g/mol. The highest BCUT2D eigenvalue weighted by molar-refractivity contribution is 6.03. The van der Waals surface area contributed by atoms with Crippen LogP contribution in [-0.2, 0) is 29.1 Å². The van der Waals surface area contributed by atoms with Crippen molar-refractivity contribution in [1.82, 2.24) is 10.3 Å². The van der Waals surface area contributed by atoms with E-state index in [1.165, 1.54) is 5.56 Å². The Morgan fingerprint density at radius 1 is 0.861 bits per heavy atom. The van der Waals surface area contributed by atoms with Gasteiger partial charge in [-0.05, 0) is 53.5 Å². The van der Waals surface area contributed by atoms with E-state index in [0.717, 1.165) is 27.9 Å². The van der Waals surface area contributed by atoms with Crippen LogP contribution in [0.1, 0.15) is 27.8 Å². The zero-order valence-electron chi connectivity index (χ0n) is 20.3. The molecular formula is C31H29N3O2. The minimum Gasteiger partial charge on any atom is -0.352 e. The van der Waals surface area contributed by atoms with Gasteiger partial charge in [0.1, 0.15) is 0 Å². The van der Waals surface area contributed by atoms with Crippen molar-refractivity contribution in [2.24, 2.45) is 0 Å². The number of anilines is 1. The number of nitrogens with one attached hydrogen (secondary N) is 1. The Kier molecular flexibility index (Phi) is 8.39.